The molecule has 6 nitrogen and oxygen atoms in total. The number of benzene rings is 2. The number of hydrogen-bond donors (Lipinski definition) is 0. The summed E-state index contributed by atoms with van der Waals surface area (Å²) in [5.74, 6) is 0.810. The van der Waals surface area contributed by atoms with Gasteiger partial charge < -0.3 is 4.74 Å². The number of rotatable bonds is 10. The van der Waals surface area contributed by atoms with Gasteiger partial charge in [-0.05, 0) is 45.1 Å². The van der Waals surface area contributed by atoms with Crippen LogP contribution in [0.15, 0.2) is 72.1 Å². The summed E-state index contributed by atoms with van der Waals surface area (Å²) in [6, 6.07) is 22.6. The lowest BCUT2D eigenvalue weighted by molar-refractivity contribution is 0.170. The first-order valence-electron chi connectivity index (χ1n) is 10.1. The topological polar surface area (TPSA) is 56.1 Å². The first-order chi connectivity index (χ1) is 15.2. The maximum Gasteiger partial charge on any atom is 0.173 e. The predicted molar refractivity (Wildman–Crippen MR) is 123 cm³/mol. The Hall–Kier alpha value is -2.58. The summed E-state index contributed by atoms with van der Waals surface area (Å²) < 4.78 is 7.10. The summed E-state index contributed by atoms with van der Waals surface area (Å²) in [6.07, 6.45) is 0. The standard InChI is InChI=1S/C23H24ClN5OS/c1-30-14-13-29-23(25-26-27-29)22(21-8-5-15-31-21)28(16-18-6-3-2-4-7-18)17-19-9-11-20(24)12-10-19/h2-12,15,22H,13-14,16-17H2,1H3. The van der Waals surface area contributed by atoms with Gasteiger partial charge >= 0.3 is 0 Å². The van der Waals surface area contributed by atoms with Crippen LogP contribution in [0.3, 0.4) is 0 Å². The molecule has 0 aliphatic rings. The Kier molecular flexibility index (Phi) is 7.43. The zero-order valence-electron chi connectivity index (χ0n) is 17.3. The van der Waals surface area contributed by atoms with Crippen LogP contribution in [0.25, 0.3) is 0 Å². The van der Waals surface area contributed by atoms with Crippen molar-refractivity contribution in [2.24, 2.45) is 0 Å². The van der Waals surface area contributed by atoms with E-state index in [1.54, 1.807) is 18.4 Å². The van der Waals surface area contributed by atoms with Crippen LogP contribution in [0, 0.1) is 0 Å². The molecule has 0 bridgehead atoms. The minimum atomic E-state index is -0.0947. The van der Waals surface area contributed by atoms with E-state index in [9.17, 15) is 0 Å². The summed E-state index contributed by atoms with van der Waals surface area (Å²) >= 11 is 7.83. The van der Waals surface area contributed by atoms with E-state index in [1.807, 2.05) is 22.9 Å². The zero-order chi connectivity index (χ0) is 21.5. The van der Waals surface area contributed by atoms with Crippen LogP contribution in [-0.2, 0) is 24.4 Å². The molecule has 4 rings (SSSR count). The zero-order valence-corrected chi connectivity index (χ0v) is 18.8. The molecule has 0 saturated heterocycles. The monoisotopic (exact) mass is 453 g/mol. The fraction of sp³-hybridized carbons (Fsp3) is 0.261. The summed E-state index contributed by atoms with van der Waals surface area (Å²) in [7, 11) is 1.68. The molecule has 0 fully saturated rings. The summed E-state index contributed by atoms with van der Waals surface area (Å²) in [4.78, 5) is 3.60. The molecular weight excluding hydrogens is 430 g/mol. The molecule has 0 saturated carbocycles. The highest BCUT2D eigenvalue weighted by Crippen LogP contribution is 2.33. The number of tetrazole rings is 1. The van der Waals surface area contributed by atoms with Gasteiger partial charge in [0.25, 0.3) is 0 Å². The van der Waals surface area contributed by atoms with Crippen LogP contribution in [0.4, 0.5) is 0 Å². The quantitative estimate of drug-likeness (QED) is 0.344. The maximum atomic E-state index is 6.12. The van der Waals surface area contributed by atoms with Gasteiger partial charge in [0.05, 0.1) is 13.2 Å². The number of hydrogen-bond acceptors (Lipinski definition) is 6. The van der Waals surface area contributed by atoms with Crippen molar-refractivity contribution < 1.29 is 4.74 Å². The van der Waals surface area contributed by atoms with Crippen LogP contribution >= 0.6 is 22.9 Å². The average Bonchev–Trinajstić information content (AvgIpc) is 3.48. The Balaban J connectivity index is 1.74. The van der Waals surface area contributed by atoms with E-state index in [4.69, 9.17) is 16.3 Å². The molecule has 0 spiro atoms. The first kappa shape index (κ1) is 21.6. The van der Waals surface area contributed by atoms with E-state index < -0.39 is 0 Å². The molecular formula is C23H24ClN5OS. The van der Waals surface area contributed by atoms with Crippen LogP contribution in [0.5, 0.6) is 0 Å². The van der Waals surface area contributed by atoms with E-state index in [-0.39, 0.29) is 6.04 Å². The van der Waals surface area contributed by atoms with Gasteiger partial charge in [0.1, 0.15) is 6.04 Å². The normalized spacial score (nSPS) is 12.4. The Morgan fingerprint density at radius 2 is 1.74 bits per heavy atom. The molecule has 2 heterocycles. The summed E-state index contributed by atoms with van der Waals surface area (Å²) in [5.41, 5.74) is 2.41. The molecule has 4 aromatic rings. The minimum Gasteiger partial charge on any atom is -0.383 e. The molecule has 0 amide bonds. The highest BCUT2D eigenvalue weighted by Gasteiger charge is 2.29. The molecule has 31 heavy (non-hydrogen) atoms. The first-order valence-corrected chi connectivity index (χ1v) is 11.3. The van der Waals surface area contributed by atoms with Crippen molar-refractivity contribution in [2.75, 3.05) is 13.7 Å². The summed E-state index contributed by atoms with van der Waals surface area (Å²) in [5, 5.41) is 15.5. The van der Waals surface area contributed by atoms with Crippen molar-refractivity contribution in [2.45, 2.75) is 25.7 Å². The SMILES string of the molecule is COCCn1nnnc1C(c1cccs1)N(Cc1ccccc1)Cc1ccc(Cl)cc1. The number of ether oxygens (including phenoxy) is 1. The van der Waals surface area contributed by atoms with Crippen molar-refractivity contribution in [3.8, 4) is 0 Å². The van der Waals surface area contributed by atoms with Crippen molar-refractivity contribution in [1.82, 2.24) is 25.1 Å². The second-order valence-corrected chi connectivity index (χ2v) is 8.60. The molecule has 8 heteroatoms. The number of halogens is 1. The van der Waals surface area contributed by atoms with Gasteiger partial charge in [0.15, 0.2) is 5.82 Å². The third-order valence-corrected chi connectivity index (χ3v) is 6.19. The largest absolute Gasteiger partial charge is 0.383 e. The third kappa shape index (κ3) is 5.57. The molecule has 0 radical (unpaired) electrons. The van der Waals surface area contributed by atoms with Crippen molar-refractivity contribution >= 4 is 22.9 Å². The fourth-order valence-corrected chi connectivity index (χ4v) is 4.52. The number of thiophene rings is 1. The van der Waals surface area contributed by atoms with Crippen LogP contribution < -0.4 is 0 Å². The van der Waals surface area contributed by atoms with Gasteiger partial charge in [-0.2, -0.15) is 0 Å². The van der Waals surface area contributed by atoms with E-state index in [1.165, 1.54) is 16.0 Å². The van der Waals surface area contributed by atoms with Gasteiger partial charge in [-0.3, -0.25) is 4.90 Å². The lowest BCUT2D eigenvalue weighted by atomic mass is 10.1. The van der Waals surface area contributed by atoms with Crippen molar-refractivity contribution in [3.63, 3.8) is 0 Å². The van der Waals surface area contributed by atoms with Crippen LogP contribution in [0.2, 0.25) is 5.02 Å². The average molecular weight is 454 g/mol. The van der Waals surface area contributed by atoms with Crippen LogP contribution in [0.1, 0.15) is 27.9 Å². The second kappa shape index (κ2) is 10.6. The maximum absolute atomic E-state index is 6.12. The van der Waals surface area contributed by atoms with Gasteiger partial charge in [-0.25, -0.2) is 4.68 Å². The minimum absolute atomic E-state index is 0.0947. The van der Waals surface area contributed by atoms with Gasteiger partial charge in [-0.1, -0.05) is 60.1 Å². The number of methoxy groups -OCH3 is 1. The molecule has 1 atom stereocenters. The van der Waals surface area contributed by atoms with E-state index in [0.717, 1.165) is 23.9 Å². The number of aromatic nitrogens is 4. The molecule has 0 aliphatic heterocycles. The van der Waals surface area contributed by atoms with E-state index >= 15 is 0 Å². The Morgan fingerprint density at radius 3 is 2.42 bits per heavy atom. The van der Waals surface area contributed by atoms with E-state index in [0.29, 0.717) is 13.2 Å². The van der Waals surface area contributed by atoms with Crippen LogP contribution in [-0.4, -0.2) is 38.8 Å². The predicted octanol–water partition coefficient (Wildman–Crippen LogP) is 4.83. The third-order valence-electron chi connectivity index (χ3n) is 5.02. The smallest absolute Gasteiger partial charge is 0.173 e. The lowest BCUT2D eigenvalue weighted by Crippen LogP contribution is -2.31. The highest BCUT2D eigenvalue weighted by molar-refractivity contribution is 7.10. The Morgan fingerprint density at radius 1 is 1.00 bits per heavy atom. The molecule has 1 unspecified atom stereocenters. The fourth-order valence-electron chi connectivity index (χ4n) is 3.54. The van der Waals surface area contributed by atoms with Gasteiger partial charge in [-0.15, -0.1) is 16.4 Å². The van der Waals surface area contributed by atoms with Crippen molar-refractivity contribution in [1.29, 1.82) is 0 Å². The highest BCUT2D eigenvalue weighted by atomic mass is 35.5. The van der Waals surface area contributed by atoms with Gasteiger partial charge in [0, 0.05) is 30.1 Å². The molecule has 160 valence electrons. The molecule has 2 aromatic heterocycles. The number of nitrogens with zero attached hydrogens (tertiary/aromatic N) is 5. The molecule has 0 aliphatic carbocycles. The Bertz CT molecular complexity index is 1050. The molecule has 2 aromatic carbocycles. The Labute approximate surface area is 191 Å². The molecule has 0 N–H and O–H groups in total. The second-order valence-electron chi connectivity index (χ2n) is 7.19. The lowest BCUT2D eigenvalue weighted by Gasteiger charge is -2.30. The summed E-state index contributed by atoms with van der Waals surface area (Å²) in [6.45, 7) is 2.63. The van der Waals surface area contributed by atoms with Crippen molar-refractivity contribution in [3.05, 3.63) is 99.0 Å². The van der Waals surface area contributed by atoms with E-state index in [2.05, 4.69) is 74.3 Å². The van der Waals surface area contributed by atoms with Gasteiger partial charge in [0.2, 0.25) is 0 Å².